The fraction of sp³-hybridized carbons (Fsp3) is 0.857. The van der Waals surface area contributed by atoms with Crippen LogP contribution in [0.1, 0.15) is 25.7 Å². The summed E-state index contributed by atoms with van der Waals surface area (Å²) in [7, 11) is -5.52. The Labute approximate surface area is 90.3 Å². The molecule has 0 rings (SSSR count). The molecule has 96 valence electrons. The lowest BCUT2D eigenvalue weighted by Crippen LogP contribution is -2.25. The summed E-state index contributed by atoms with van der Waals surface area (Å²) in [6, 6.07) is 0. The molecule has 0 heterocycles. The minimum Gasteiger partial charge on any atom is -0.481 e. The lowest BCUT2D eigenvalue weighted by atomic mass is 10.2. The van der Waals surface area contributed by atoms with Crippen LogP contribution >= 0.6 is 0 Å². The average molecular weight is 264 g/mol. The smallest absolute Gasteiger partial charge is 0.481 e. The van der Waals surface area contributed by atoms with Gasteiger partial charge in [0.1, 0.15) is 0 Å². The van der Waals surface area contributed by atoms with Gasteiger partial charge < -0.3 is 5.11 Å². The molecule has 0 atom stereocenters. The Bertz CT molecular complexity index is 321. The lowest BCUT2D eigenvalue weighted by molar-refractivity contribution is -0.137. The molecular weight excluding hydrogens is 253 g/mol. The van der Waals surface area contributed by atoms with Crippen LogP contribution in [0.3, 0.4) is 0 Å². The van der Waals surface area contributed by atoms with Crippen molar-refractivity contribution < 1.29 is 35.7 Å². The summed E-state index contributed by atoms with van der Waals surface area (Å²) in [6.07, 6.45) is 0.513. The second-order valence-electron chi connectivity index (χ2n) is 2.93. The summed E-state index contributed by atoms with van der Waals surface area (Å²) < 4.78 is 59.6. The number of alkyl halides is 3. The van der Waals surface area contributed by atoms with Gasteiger partial charge in [-0.3, -0.25) is 8.98 Å². The first-order valence-electron chi connectivity index (χ1n) is 4.34. The van der Waals surface area contributed by atoms with Crippen molar-refractivity contribution in [1.29, 1.82) is 0 Å². The fourth-order valence-corrected chi connectivity index (χ4v) is 1.26. The van der Waals surface area contributed by atoms with E-state index in [2.05, 4.69) is 4.18 Å². The van der Waals surface area contributed by atoms with E-state index < -0.39 is 28.2 Å². The first-order chi connectivity index (χ1) is 7.17. The van der Waals surface area contributed by atoms with Gasteiger partial charge in [0.2, 0.25) is 0 Å². The van der Waals surface area contributed by atoms with Gasteiger partial charge in [-0.15, -0.1) is 0 Å². The van der Waals surface area contributed by atoms with Gasteiger partial charge in [0.15, 0.2) is 0 Å². The quantitative estimate of drug-likeness (QED) is 0.428. The van der Waals surface area contributed by atoms with Crippen LogP contribution in [-0.4, -0.2) is 31.6 Å². The zero-order valence-electron chi connectivity index (χ0n) is 8.16. The number of carboxylic acid groups (broad SMARTS) is 1. The van der Waals surface area contributed by atoms with E-state index in [4.69, 9.17) is 5.11 Å². The van der Waals surface area contributed by atoms with Crippen molar-refractivity contribution in [2.45, 2.75) is 31.2 Å². The standard InChI is InChI=1S/C7H11F3O5S/c8-7(9,10)16(13,14)15-5-3-1-2-4-6(11)12/h1-5H2,(H,11,12). The second-order valence-corrected chi connectivity index (χ2v) is 4.53. The number of hydrogen-bond acceptors (Lipinski definition) is 4. The molecule has 1 N–H and O–H groups in total. The number of rotatable bonds is 7. The number of hydrogen-bond donors (Lipinski definition) is 1. The highest BCUT2D eigenvalue weighted by atomic mass is 32.2. The number of carbonyl (C=O) groups is 1. The molecule has 0 bridgehead atoms. The van der Waals surface area contributed by atoms with Crippen LogP contribution in [0.5, 0.6) is 0 Å². The van der Waals surface area contributed by atoms with Gasteiger partial charge in [-0.1, -0.05) is 6.42 Å². The molecule has 0 spiro atoms. The maximum absolute atomic E-state index is 11.7. The third kappa shape index (κ3) is 5.91. The SMILES string of the molecule is O=C(O)CCCCCOS(=O)(=O)C(F)(F)F. The van der Waals surface area contributed by atoms with E-state index in [0.717, 1.165) is 0 Å². The average Bonchev–Trinajstić information content (AvgIpc) is 2.08. The van der Waals surface area contributed by atoms with E-state index in [1.54, 1.807) is 0 Å². The Kier molecular flexibility index (Phi) is 5.73. The van der Waals surface area contributed by atoms with Crippen molar-refractivity contribution in [3.63, 3.8) is 0 Å². The second kappa shape index (κ2) is 6.04. The molecule has 0 aromatic carbocycles. The molecule has 0 unspecified atom stereocenters. The summed E-state index contributed by atoms with van der Waals surface area (Å²) in [5.41, 5.74) is -5.41. The van der Waals surface area contributed by atoms with E-state index in [1.807, 2.05) is 0 Å². The Morgan fingerprint density at radius 1 is 1.19 bits per heavy atom. The predicted molar refractivity (Wildman–Crippen MR) is 47.0 cm³/mol. The Morgan fingerprint density at radius 2 is 1.75 bits per heavy atom. The topological polar surface area (TPSA) is 80.7 Å². The molecule has 0 fully saturated rings. The molecule has 0 aromatic rings. The van der Waals surface area contributed by atoms with Crippen molar-refractivity contribution in [3.8, 4) is 0 Å². The molecule has 0 aliphatic carbocycles. The van der Waals surface area contributed by atoms with E-state index in [9.17, 15) is 26.4 Å². The van der Waals surface area contributed by atoms with E-state index in [0.29, 0.717) is 6.42 Å². The Morgan fingerprint density at radius 3 is 2.19 bits per heavy atom. The minimum absolute atomic E-state index is 0.0581. The predicted octanol–water partition coefficient (Wildman–Crippen LogP) is 1.50. The van der Waals surface area contributed by atoms with Gasteiger partial charge >= 0.3 is 21.6 Å². The van der Waals surface area contributed by atoms with Crippen LogP contribution in [0.4, 0.5) is 13.2 Å². The third-order valence-corrected chi connectivity index (χ3v) is 2.60. The zero-order valence-corrected chi connectivity index (χ0v) is 8.97. The number of carboxylic acids is 1. The van der Waals surface area contributed by atoms with Crippen LogP contribution in [0.25, 0.3) is 0 Å². The van der Waals surface area contributed by atoms with Crippen LogP contribution in [0.15, 0.2) is 0 Å². The molecule has 5 nitrogen and oxygen atoms in total. The number of aliphatic carboxylic acids is 1. The lowest BCUT2D eigenvalue weighted by Gasteiger charge is -2.07. The maximum atomic E-state index is 11.7. The third-order valence-electron chi connectivity index (χ3n) is 1.56. The van der Waals surface area contributed by atoms with E-state index >= 15 is 0 Å². The highest BCUT2D eigenvalue weighted by Crippen LogP contribution is 2.24. The zero-order chi connectivity index (χ0) is 12.8. The molecule has 9 heteroatoms. The van der Waals surface area contributed by atoms with Gasteiger partial charge in [0, 0.05) is 6.42 Å². The van der Waals surface area contributed by atoms with Gasteiger partial charge in [-0.05, 0) is 12.8 Å². The molecule has 0 saturated carbocycles. The highest BCUT2D eigenvalue weighted by Gasteiger charge is 2.47. The van der Waals surface area contributed by atoms with Crippen molar-refractivity contribution >= 4 is 16.1 Å². The van der Waals surface area contributed by atoms with Crippen molar-refractivity contribution in [2.24, 2.45) is 0 Å². The van der Waals surface area contributed by atoms with Crippen molar-refractivity contribution in [1.82, 2.24) is 0 Å². The largest absolute Gasteiger partial charge is 0.523 e. The van der Waals surface area contributed by atoms with Crippen LogP contribution < -0.4 is 0 Å². The first-order valence-corrected chi connectivity index (χ1v) is 5.75. The van der Waals surface area contributed by atoms with Crippen molar-refractivity contribution in [3.05, 3.63) is 0 Å². The molecule has 16 heavy (non-hydrogen) atoms. The van der Waals surface area contributed by atoms with Gasteiger partial charge in [-0.25, -0.2) is 0 Å². The molecule has 0 amide bonds. The summed E-state index contributed by atoms with van der Waals surface area (Å²) in [6.45, 7) is -0.596. The number of unbranched alkanes of at least 4 members (excludes halogenated alkanes) is 2. The normalized spacial score (nSPS) is 12.7. The molecule has 0 aliphatic heterocycles. The minimum atomic E-state index is -5.52. The van der Waals surface area contributed by atoms with Gasteiger partial charge in [0.05, 0.1) is 6.61 Å². The molecule has 0 aliphatic rings. The first kappa shape index (κ1) is 15.2. The van der Waals surface area contributed by atoms with E-state index in [-0.39, 0.29) is 19.3 Å². The highest BCUT2D eigenvalue weighted by molar-refractivity contribution is 7.87. The molecule has 0 radical (unpaired) electrons. The molecular formula is C7H11F3O5S. The summed E-state index contributed by atoms with van der Waals surface area (Å²) in [4.78, 5) is 10.0. The van der Waals surface area contributed by atoms with E-state index in [1.165, 1.54) is 0 Å². The summed E-state index contributed by atoms with van der Waals surface area (Å²) >= 11 is 0. The molecule has 0 aromatic heterocycles. The fourth-order valence-electron chi connectivity index (χ4n) is 0.791. The molecule has 0 saturated heterocycles. The van der Waals surface area contributed by atoms with Crippen LogP contribution in [-0.2, 0) is 19.1 Å². The Balaban J connectivity index is 3.72. The van der Waals surface area contributed by atoms with Gasteiger partial charge in [0.25, 0.3) is 0 Å². The number of halogens is 3. The Hall–Kier alpha value is -0.830. The van der Waals surface area contributed by atoms with Gasteiger partial charge in [-0.2, -0.15) is 21.6 Å². The van der Waals surface area contributed by atoms with Crippen LogP contribution in [0, 0.1) is 0 Å². The summed E-state index contributed by atoms with van der Waals surface area (Å²) in [5.74, 6) is -1.01. The maximum Gasteiger partial charge on any atom is 0.523 e. The van der Waals surface area contributed by atoms with Crippen LogP contribution in [0.2, 0.25) is 0 Å². The van der Waals surface area contributed by atoms with Crippen molar-refractivity contribution in [2.75, 3.05) is 6.61 Å². The monoisotopic (exact) mass is 264 g/mol. The summed E-state index contributed by atoms with van der Waals surface area (Å²) in [5, 5.41) is 8.23.